The summed E-state index contributed by atoms with van der Waals surface area (Å²) in [4.78, 5) is 24.9. The highest BCUT2D eigenvalue weighted by Crippen LogP contribution is 2.25. The van der Waals surface area contributed by atoms with Crippen LogP contribution in [-0.4, -0.2) is 57.7 Å². The molecule has 1 fully saturated rings. The summed E-state index contributed by atoms with van der Waals surface area (Å²) < 4.78 is 2.01. The van der Waals surface area contributed by atoms with Crippen LogP contribution in [0.2, 0.25) is 0 Å². The van der Waals surface area contributed by atoms with Crippen molar-refractivity contribution < 1.29 is 4.79 Å². The Hall–Kier alpha value is -2.44. The predicted molar refractivity (Wildman–Crippen MR) is 87.7 cm³/mol. The number of carbonyl (C=O) groups is 1. The van der Waals surface area contributed by atoms with Crippen LogP contribution in [0.5, 0.6) is 0 Å². The van der Waals surface area contributed by atoms with Gasteiger partial charge in [-0.25, -0.2) is 9.97 Å². The maximum atomic E-state index is 12.6. The van der Waals surface area contributed by atoms with Gasteiger partial charge in [-0.1, -0.05) is 0 Å². The van der Waals surface area contributed by atoms with Crippen molar-refractivity contribution in [3.63, 3.8) is 0 Å². The molecule has 0 saturated carbocycles. The molecule has 122 valence electrons. The average molecular weight is 314 g/mol. The van der Waals surface area contributed by atoms with Crippen molar-refractivity contribution >= 4 is 11.9 Å². The molecule has 0 atom stereocenters. The largest absolute Gasteiger partial charge is 0.347 e. The Balaban J connectivity index is 1.70. The molecule has 2 aromatic heterocycles. The van der Waals surface area contributed by atoms with Crippen molar-refractivity contribution in [2.45, 2.75) is 26.8 Å². The summed E-state index contributed by atoms with van der Waals surface area (Å²) in [5.41, 5.74) is 3.43. The van der Waals surface area contributed by atoms with Gasteiger partial charge in [-0.2, -0.15) is 5.10 Å². The summed E-state index contributed by atoms with van der Waals surface area (Å²) in [6.07, 6.45) is 1.62. The van der Waals surface area contributed by atoms with Crippen LogP contribution in [0, 0.1) is 20.8 Å². The van der Waals surface area contributed by atoms with Crippen molar-refractivity contribution in [1.82, 2.24) is 24.6 Å². The quantitative estimate of drug-likeness (QED) is 0.856. The van der Waals surface area contributed by atoms with Crippen LogP contribution >= 0.6 is 0 Å². The van der Waals surface area contributed by atoms with Crippen molar-refractivity contribution in [2.24, 2.45) is 0 Å². The molecule has 0 N–H and O–H groups in total. The van der Waals surface area contributed by atoms with Crippen LogP contribution in [0.15, 0.2) is 12.3 Å². The molecular formula is C16H22N6O. The predicted octanol–water partition coefficient (Wildman–Crippen LogP) is 1.36. The van der Waals surface area contributed by atoms with E-state index in [0.717, 1.165) is 11.4 Å². The first-order chi connectivity index (χ1) is 10.9. The highest BCUT2D eigenvalue weighted by Gasteiger charge is 2.34. The lowest BCUT2D eigenvalue weighted by molar-refractivity contribution is 0.0496. The Morgan fingerprint density at radius 2 is 1.96 bits per heavy atom. The van der Waals surface area contributed by atoms with Gasteiger partial charge in [0, 0.05) is 39.1 Å². The van der Waals surface area contributed by atoms with E-state index in [1.165, 1.54) is 0 Å². The summed E-state index contributed by atoms with van der Waals surface area (Å²) in [7, 11) is 3.76. The lowest BCUT2D eigenvalue weighted by atomic mass is 10.1. The Bertz CT molecular complexity index is 745. The molecule has 7 heteroatoms. The van der Waals surface area contributed by atoms with Gasteiger partial charge in [0.15, 0.2) is 0 Å². The third-order valence-electron chi connectivity index (χ3n) is 4.14. The summed E-state index contributed by atoms with van der Waals surface area (Å²) in [6.45, 7) is 7.23. The van der Waals surface area contributed by atoms with Gasteiger partial charge in [-0.15, -0.1) is 0 Å². The number of aromatic nitrogens is 4. The minimum Gasteiger partial charge on any atom is -0.347 e. The smallest absolute Gasteiger partial charge is 0.257 e. The van der Waals surface area contributed by atoms with E-state index in [4.69, 9.17) is 0 Å². The molecule has 1 aliphatic heterocycles. The third-order valence-corrected chi connectivity index (χ3v) is 4.14. The van der Waals surface area contributed by atoms with Crippen LogP contribution in [0.1, 0.15) is 33.5 Å². The number of nitrogens with zero attached hydrogens (tertiary/aromatic N) is 6. The number of anilines is 1. The summed E-state index contributed by atoms with van der Waals surface area (Å²) in [5.74, 6) is 0.605. The Morgan fingerprint density at radius 1 is 1.26 bits per heavy atom. The van der Waals surface area contributed by atoms with Crippen molar-refractivity contribution in [3.8, 4) is 0 Å². The van der Waals surface area contributed by atoms with Gasteiger partial charge in [0.25, 0.3) is 5.91 Å². The number of hydrogen-bond donors (Lipinski definition) is 0. The molecule has 0 radical (unpaired) electrons. The van der Waals surface area contributed by atoms with E-state index in [1.807, 2.05) is 49.3 Å². The second-order valence-corrected chi connectivity index (χ2v) is 6.30. The maximum absolute atomic E-state index is 12.6. The number of amides is 1. The maximum Gasteiger partial charge on any atom is 0.257 e. The van der Waals surface area contributed by atoms with Gasteiger partial charge in [0.2, 0.25) is 5.95 Å². The van der Waals surface area contributed by atoms with Gasteiger partial charge < -0.3 is 9.80 Å². The minimum atomic E-state index is -0.00872. The normalized spacial score (nSPS) is 14.7. The van der Waals surface area contributed by atoms with E-state index in [2.05, 4.69) is 21.1 Å². The number of aryl methyl sites for hydroxylation is 3. The zero-order valence-electron chi connectivity index (χ0n) is 14.2. The Kier molecular flexibility index (Phi) is 3.79. The molecule has 2 aromatic rings. The minimum absolute atomic E-state index is 0.00872. The summed E-state index contributed by atoms with van der Waals surface area (Å²) >= 11 is 0. The van der Waals surface area contributed by atoms with E-state index in [0.29, 0.717) is 30.3 Å². The molecule has 0 aliphatic carbocycles. The van der Waals surface area contributed by atoms with Crippen LogP contribution in [-0.2, 0) is 0 Å². The fourth-order valence-electron chi connectivity index (χ4n) is 2.84. The van der Waals surface area contributed by atoms with Gasteiger partial charge in [-0.05, 0) is 26.8 Å². The monoisotopic (exact) mass is 314 g/mol. The molecule has 7 nitrogen and oxygen atoms in total. The first-order valence-electron chi connectivity index (χ1n) is 7.70. The van der Waals surface area contributed by atoms with Crippen LogP contribution in [0.4, 0.5) is 5.95 Å². The van der Waals surface area contributed by atoms with Crippen molar-refractivity contribution in [1.29, 1.82) is 0 Å². The molecular weight excluding hydrogens is 292 g/mol. The average Bonchev–Trinajstić information content (AvgIpc) is 2.75. The lowest BCUT2D eigenvalue weighted by Gasteiger charge is -2.39. The highest BCUT2D eigenvalue weighted by molar-refractivity contribution is 5.95. The van der Waals surface area contributed by atoms with E-state index in [1.54, 1.807) is 6.20 Å². The summed E-state index contributed by atoms with van der Waals surface area (Å²) in [5, 5.41) is 4.50. The second kappa shape index (κ2) is 5.64. The molecule has 1 amide bonds. The fourth-order valence-corrected chi connectivity index (χ4v) is 2.84. The number of carbonyl (C=O) groups excluding carboxylic acids is 1. The number of likely N-dealkylation sites (tertiary alicyclic amines) is 1. The SMILES string of the molecule is Cc1cc(C)n(C2CN(C(=O)c3cnc(N(C)C)nc3C)C2)n1. The van der Waals surface area contributed by atoms with Crippen LogP contribution < -0.4 is 4.90 Å². The van der Waals surface area contributed by atoms with Gasteiger partial charge in [0.1, 0.15) is 0 Å². The molecule has 0 unspecified atom stereocenters. The molecule has 3 heterocycles. The Morgan fingerprint density at radius 3 is 2.48 bits per heavy atom. The fraction of sp³-hybridized carbons (Fsp3) is 0.500. The standard InChI is InChI=1S/C16H22N6O/c1-10-6-11(2)22(19-10)13-8-21(9-13)15(23)14-7-17-16(20(4)5)18-12(14)3/h6-7,13H,8-9H2,1-5H3. The van der Waals surface area contributed by atoms with E-state index < -0.39 is 0 Å². The van der Waals surface area contributed by atoms with E-state index in [9.17, 15) is 4.79 Å². The van der Waals surface area contributed by atoms with Crippen LogP contribution in [0.25, 0.3) is 0 Å². The molecule has 0 bridgehead atoms. The first-order valence-corrected chi connectivity index (χ1v) is 7.70. The molecule has 0 aromatic carbocycles. The zero-order valence-corrected chi connectivity index (χ0v) is 14.2. The first kappa shape index (κ1) is 15.5. The number of hydrogen-bond acceptors (Lipinski definition) is 5. The van der Waals surface area contributed by atoms with Crippen LogP contribution in [0.3, 0.4) is 0 Å². The number of rotatable bonds is 3. The Labute approximate surface area is 135 Å². The van der Waals surface area contributed by atoms with Gasteiger partial charge in [-0.3, -0.25) is 9.48 Å². The second-order valence-electron chi connectivity index (χ2n) is 6.30. The molecule has 1 saturated heterocycles. The molecule has 1 aliphatic rings. The van der Waals surface area contributed by atoms with Gasteiger partial charge >= 0.3 is 0 Å². The topological polar surface area (TPSA) is 67.2 Å². The van der Waals surface area contributed by atoms with Gasteiger partial charge in [0.05, 0.1) is 23.0 Å². The summed E-state index contributed by atoms with van der Waals surface area (Å²) in [6, 6.07) is 2.32. The third kappa shape index (κ3) is 2.78. The molecule has 0 spiro atoms. The van der Waals surface area contributed by atoms with E-state index in [-0.39, 0.29) is 11.9 Å². The van der Waals surface area contributed by atoms with Crippen molar-refractivity contribution in [3.05, 3.63) is 34.9 Å². The van der Waals surface area contributed by atoms with E-state index >= 15 is 0 Å². The molecule has 3 rings (SSSR count). The highest BCUT2D eigenvalue weighted by atomic mass is 16.2. The lowest BCUT2D eigenvalue weighted by Crippen LogP contribution is -2.51. The molecule has 23 heavy (non-hydrogen) atoms. The van der Waals surface area contributed by atoms with Crippen molar-refractivity contribution in [2.75, 3.05) is 32.1 Å². The zero-order chi connectivity index (χ0) is 16.7.